The van der Waals surface area contributed by atoms with Gasteiger partial charge in [-0.25, -0.2) is 15.0 Å². The molecule has 3 rings (SSSR count). The average Bonchev–Trinajstić information content (AvgIpc) is 3.23. The zero-order valence-corrected chi connectivity index (χ0v) is 19.3. The molecule has 0 bridgehead atoms. The standard InChI is InChI=1S/C24H32N6O2/c1-5-25-24(29-17-21-8-6-18(2)14-22(21)32-13-12-31-4)28-16-20-7-9-23(27-15-20)30-11-10-26-19(30)3/h6-11,14-15H,5,12-13,16-17H2,1-4H3,(H2,25,28,29). The van der Waals surface area contributed by atoms with E-state index in [0.717, 1.165) is 46.6 Å². The summed E-state index contributed by atoms with van der Waals surface area (Å²) < 4.78 is 12.9. The molecule has 0 aliphatic carbocycles. The van der Waals surface area contributed by atoms with Crippen LogP contribution in [0, 0.1) is 13.8 Å². The topological polar surface area (TPSA) is 85.6 Å². The Morgan fingerprint density at radius 1 is 1.09 bits per heavy atom. The van der Waals surface area contributed by atoms with Crippen LogP contribution in [0.15, 0.2) is 53.9 Å². The Balaban J connectivity index is 1.64. The number of hydrogen-bond donors (Lipinski definition) is 2. The first-order valence-corrected chi connectivity index (χ1v) is 10.8. The maximum atomic E-state index is 5.89. The molecule has 0 unspecified atom stereocenters. The number of hydrogen-bond acceptors (Lipinski definition) is 5. The number of benzene rings is 1. The monoisotopic (exact) mass is 436 g/mol. The van der Waals surface area contributed by atoms with Gasteiger partial charge >= 0.3 is 0 Å². The summed E-state index contributed by atoms with van der Waals surface area (Å²) in [5.74, 6) is 3.35. The normalized spacial score (nSPS) is 11.4. The molecule has 2 N–H and O–H groups in total. The van der Waals surface area contributed by atoms with Gasteiger partial charge in [0.1, 0.15) is 24.0 Å². The number of pyridine rings is 1. The predicted octanol–water partition coefficient (Wildman–Crippen LogP) is 3.16. The second-order valence-electron chi connectivity index (χ2n) is 7.37. The van der Waals surface area contributed by atoms with Crippen LogP contribution < -0.4 is 15.4 Å². The van der Waals surface area contributed by atoms with E-state index in [1.54, 1.807) is 13.3 Å². The lowest BCUT2D eigenvalue weighted by Gasteiger charge is -2.15. The first-order chi connectivity index (χ1) is 15.6. The van der Waals surface area contributed by atoms with Gasteiger partial charge in [-0.15, -0.1) is 0 Å². The van der Waals surface area contributed by atoms with Gasteiger partial charge in [0.2, 0.25) is 0 Å². The van der Waals surface area contributed by atoms with E-state index in [0.29, 0.717) is 26.3 Å². The highest BCUT2D eigenvalue weighted by atomic mass is 16.5. The quantitative estimate of drug-likeness (QED) is 0.288. The molecule has 0 fully saturated rings. The number of guanidine groups is 1. The molecule has 2 heterocycles. The third kappa shape index (κ3) is 6.55. The number of imidazole rings is 1. The third-order valence-corrected chi connectivity index (χ3v) is 4.86. The van der Waals surface area contributed by atoms with E-state index in [1.165, 1.54) is 0 Å². The second-order valence-corrected chi connectivity index (χ2v) is 7.37. The fourth-order valence-corrected chi connectivity index (χ4v) is 3.14. The molecule has 0 aliphatic heterocycles. The highest BCUT2D eigenvalue weighted by Gasteiger charge is 2.07. The SMILES string of the molecule is CCNC(=NCc1ccc(-n2ccnc2C)nc1)NCc1ccc(C)cc1OCCOC. The summed E-state index contributed by atoms with van der Waals surface area (Å²) in [7, 11) is 1.67. The Kier molecular flexibility index (Phi) is 8.62. The third-order valence-electron chi connectivity index (χ3n) is 4.86. The minimum absolute atomic E-state index is 0.517. The molecule has 2 aromatic heterocycles. The minimum atomic E-state index is 0.517. The molecule has 32 heavy (non-hydrogen) atoms. The zero-order chi connectivity index (χ0) is 22.8. The Morgan fingerprint density at radius 3 is 2.66 bits per heavy atom. The summed E-state index contributed by atoms with van der Waals surface area (Å²) in [5.41, 5.74) is 3.25. The molecule has 3 aromatic rings. The molecule has 0 atom stereocenters. The van der Waals surface area contributed by atoms with Gasteiger partial charge in [0.15, 0.2) is 5.96 Å². The van der Waals surface area contributed by atoms with E-state index >= 15 is 0 Å². The Hall–Kier alpha value is -3.39. The smallest absolute Gasteiger partial charge is 0.191 e. The fraction of sp³-hybridized carbons (Fsp3) is 0.375. The highest BCUT2D eigenvalue weighted by Crippen LogP contribution is 2.20. The zero-order valence-electron chi connectivity index (χ0n) is 19.3. The molecule has 0 saturated carbocycles. The molecule has 0 spiro atoms. The van der Waals surface area contributed by atoms with Crippen LogP contribution in [0.25, 0.3) is 5.82 Å². The highest BCUT2D eigenvalue weighted by molar-refractivity contribution is 5.79. The maximum absolute atomic E-state index is 5.89. The molecule has 8 heteroatoms. The summed E-state index contributed by atoms with van der Waals surface area (Å²) in [6.45, 7) is 9.03. The van der Waals surface area contributed by atoms with Crippen LogP contribution in [-0.2, 0) is 17.8 Å². The molecule has 8 nitrogen and oxygen atoms in total. The fourth-order valence-electron chi connectivity index (χ4n) is 3.14. The molecule has 1 aromatic carbocycles. The predicted molar refractivity (Wildman–Crippen MR) is 126 cm³/mol. The van der Waals surface area contributed by atoms with E-state index in [2.05, 4.69) is 39.7 Å². The maximum Gasteiger partial charge on any atom is 0.191 e. The van der Waals surface area contributed by atoms with Crippen LogP contribution in [0.5, 0.6) is 5.75 Å². The number of rotatable bonds is 10. The van der Waals surface area contributed by atoms with Crippen molar-refractivity contribution in [3.63, 3.8) is 0 Å². The number of aryl methyl sites for hydroxylation is 2. The van der Waals surface area contributed by atoms with Crippen LogP contribution in [0.4, 0.5) is 0 Å². The average molecular weight is 437 g/mol. The van der Waals surface area contributed by atoms with Crippen molar-refractivity contribution >= 4 is 5.96 Å². The number of ether oxygens (including phenoxy) is 2. The van der Waals surface area contributed by atoms with Crippen LogP contribution in [0.3, 0.4) is 0 Å². The molecule has 0 radical (unpaired) electrons. The van der Waals surface area contributed by atoms with Crippen molar-refractivity contribution in [3.05, 3.63) is 71.4 Å². The van der Waals surface area contributed by atoms with Crippen molar-refractivity contribution in [1.82, 2.24) is 25.2 Å². The van der Waals surface area contributed by atoms with Crippen molar-refractivity contribution in [2.45, 2.75) is 33.9 Å². The lowest BCUT2D eigenvalue weighted by atomic mass is 10.1. The lowest BCUT2D eigenvalue weighted by molar-refractivity contribution is 0.145. The van der Waals surface area contributed by atoms with Gasteiger partial charge in [-0.3, -0.25) is 4.57 Å². The van der Waals surface area contributed by atoms with Crippen molar-refractivity contribution in [2.75, 3.05) is 26.9 Å². The minimum Gasteiger partial charge on any atom is -0.491 e. The van der Waals surface area contributed by atoms with E-state index in [1.807, 2.05) is 49.0 Å². The van der Waals surface area contributed by atoms with Crippen molar-refractivity contribution in [3.8, 4) is 11.6 Å². The molecular formula is C24H32N6O2. The molecule has 0 amide bonds. The molecule has 0 aliphatic rings. The van der Waals surface area contributed by atoms with Gasteiger partial charge < -0.3 is 20.1 Å². The molecular weight excluding hydrogens is 404 g/mol. The van der Waals surface area contributed by atoms with Gasteiger partial charge in [0, 0.05) is 44.4 Å². The van der Waals surface area contributed by atoms with Crippen LogP contribution in [0.1, 0.15) is 29.4 Å². The van der Waals surface area contributed by atoms with E-state index in [9.17, 15) is 0 Å². The lowest BCUT2D eigenvalue weighted by Crippen LogP contribution is -2.36. The number of aromatic nitrogens is 3. The van der Waals surface area contributed by atoms with Gasteiger partial charge in [0.05, 0.1) is 13.2 Å². The Labute approximate surface area is 189 Å². The van der Waals surface area contributed by atoms with Crippen LogP contribution in [0.2, 0.25) is 0 Å². The van der Waals surface area contributed by atoms with Crippen molar-refractivity contribution in [2.24, 2.45) is 4.99 Å². The second kappa shape index (κ2) is 11.9. The van der Waals surface area contributed by atoms with E-state index in [4.69, 9.17) is 14.5 Å². The summed E-state index contributed by atoms with van der Waals surface area (Å²) >= 11 is 0. The number of nitrogens with zero attached hydrogens (tertiary/aromatic N) is 4. The number of aliphatic imine (C=N–C) groups is 1. The first kappa shape index (κ1) is 23.3. The summed E-state index contributed by atoms with van der Waals surface area (Å²) in [4.78, 5) is 13.5. The van der Waals surface area contributed by atoms with Gasteiger partial charge in [0.25, 0.3) is 0 Å². The van der Waals surface area contributed by atoms with Crippen LogP contribution >= 0.6 is 0 Å². The molecule has 170 valence electrons. The summed E-state index contributed by atoms with van der Waals surface area (Å²) in [5, 5.41) is 6.69. The van der Waals surface area contributed by atoms with E-state index < -0.39 is 0 Å². The number of methoxy groups -OCH3 is 1. The largest absolute Gasteiger partial charge is 0.491 e. The Morgan fingerprint density at radius 2 is 1.97 bits per heavy atom. The Bertz CT molecular complexity index is 1010. The van der Waals surface area contributed by atoms with Crippen molar-refractivity contribution in [1.29, 1.82) is 0 Å². The van der Waals surface area contributed by atoms with E-state index in [-0.39, 0.29) is 0 Å². The summed E-state index contributed by atoms with van der Waals surface area (Å²) in [6.07, 6.45) is 5.52. The van der Waals surface area contributed by atoms with Gasteiger partial charge in [-0.1, -0.05) is 18.2 Å². The molecule has 0 saturated heterocycles. The summed E-state index contributed by atoms with van der Waals surface area (Å²) in [6, 6.07) is 10.2. The first-order valence-electron chi connectivity index (χ1n) is 10.8. The van der Waals surface area contributed by atoms with Crippen LogP contribution in [-0.4, -0.2) is 47.4 Å². The van der Waals surface area contributed by atoms with Crippen molar-refractivity contribution < 1.29 is 9.47 Å². The van der Waals surface area contributed by atoms with Gasteiger partial charge in [-0.05, 0) is 44.0 Å². The van der Waals surface area contributed by atoms with Gasteiger partial charge in [-0.2, -0.15) is 0 Å². The number of nitrogens with one attached hydrogen (secondary N) is 2.